The van der Waals surface area contributed by atoms with E-state index in [1.165, 1.54) is 0 Å². The molecule has 5 unspecified atom stereocenters. The summed E-state index contributed by atoms with van der Waals surface area (Å²) in [6, 6.07) is 0. The van der Waals surface area contributed by atoms with E-state index < -0.39 is 18.5 Å². The molecule has 0 N–H and O–H groups in total. The predicted octanol–water partition coefficient (Wildman–Crippen LogP) is 5.76. The lowest BCUT2D eigenvalue weighted by Crippen LogP contribution is -2.24. The molecule has 0 aromatic heterocycles. The number of hydrogen-bond donors (Lipinski definition) is 0. The minimum Gasteiger partial charge on any atom is -0.247 e. The molecule has 0 fully saturated rings. The second-order valence-electron chi connectivity index (χ2n) is 6.73. The molecule has 0 bridgehead atoms. The Balaban J connectivity index is 4.06. The quantitative estimate of drug-likeness (QED) is 0.504. The maximum Gasteiger partial charge on any atom is 0.105 e. The Kier molecular flexibility index (Phi) is 8.76. The minimum absolute atomic E-state index is 0.00245. The van der Waals surface area contributed by atoms with E-state index in [-0.39, 0.29) is 30.1 Å². The second kappa shape index (κ2) is 8.86. The van der Waals surface area contributed by atoms with Crippen molar-refractivity contribution in [3.8, 4) is 0 Å². The van der Waals surface area contributed by atoms with Crippen LogP contribution in [0.3, 0.4) is 0 Å². The third-order valence-corrected chi connectivity index (χ3v) is 4.05. The molecular weight excluding hydrogens is 249 g/mol. The fourth-order valence-electron chi connectivity index (χ4n) is 2.24. The van der Waals surface area contributed by atoms with Crippen molar-refractivity contribution in [1.82, 2.24) is 0 Å². The van der Waals surface area contributed by atoms with Crippen molar-refractivity contribution in [3.63, 3.8) is 0 Å². The largest absolute Gasteiger partial charge is 0.247 e. The number of alkyl halides is 3. The second-order valence-corrected chi connectivity index (χ2v) is 6.73. The van der Waals surface area contributed by atoms with Crippen molar-refractivity contribution in [2.24, 2.45) is 23.7 Å². The fourth-order valence-corrected chi connectivity index (χ4v) is 2.24. The van der Waals surface area contributed by atoms with Gasteiger partial charge in [-0.1, -0.05) is 41.5 Å². The molecule has 5 atom stereocenters. The van der Waals surface area contributed by atoms with Crippen LogP contribution in [0.2, 0.25) is 0 Å². The molecule has 0 saturated carbocycles. The lowest BCUT2D eigenvalue weighted by molar-refractivity contribution is 0.123. The van der Waals surface area contributed by atoms with Gasteiger partial charge in [0.25, 0.3) is 0 Å². The molecule has 0 heterocycles. The topological polar surface area (TPSA) is 0 Å². The first-order valence-electron chi connectivity index (χ1n) is 7.59. The molecule has 0 aliphatic heterocycles. The molecule has 0 spiro atoms. The van der Waals surface area contributed by atoms with Crippen LogP contribution in [0.4, 0.5) is 13.2 Å². The van der Waals surface area contributed by atoms with Gasteiger partial charge < -0.3 is 0 Å². The monoisotopic (exact) mass is 280 g/mol. The van der Waals surface area contributed by atoms with Crippen molar-refractivity contribution in [1.29, 1.82) is 0 Å². The van der Waals surface area contributed by atoms with Gasteiger partial charge in [0.05, 0.1) is 0 Å². The molecule has 0 aliphatic rings. The molecule has 0 amide bonds. The van der Waals surface area contributed by atoms with Gasteiger partial charge in [0.2, 0.25) is 0 Å². The van der Waals surface area contributed by atoms with E-state index in [9.17, 15) is 13.2 Å². The summed E-state index contributed by atoms with van der Waals surface area (Å²) in [5, 5.41) is 0. The zero-order chi connectivity index (χ0) is 15.2. The lowest BCUT2D eigenvalue weighted by atomic mass is 9.87. The Morgan fingerprint density at radius 1 is 0.632 bits per heavy atom. The summed E-state index contributed by atoms with van der Waals surface area (Å²) < 4.78 is 41.1. The van der Waals surface area contributed by atoms with Crippen LogP contribution in [0.15, 0.2) is 0 Å². The molecule has 116 valence electrons. The summed E-state index contributed by atoms with van der Waals surface area (Å²) in [6.07, 6.45) is -1.79. The fraction of sp³-hybridized carbons (Fsp3) is 1.00. The summed E-state index contributed by atoms with van der Waals surface area (Å²) in [7, 11) is 0. The third-order valence-electron chi connectivity index (χ3n) is 4.05. The van der Waals surface area contributed by atoms with Crippen LogP contribution in [0.1, 0.15) is 60.8 Å². The van der Waals surface area contributed by atoms with Crippen LogP contribution < -0.4 is 0 Å². The Labute approximate surface area is 117 Å². The molecule has 19 heavy (non-hydrogen) atoms. The van der Waals surface area contributed by atoms with Crippen molar-refractivity contribution < 1.29 is 13.2 Å². The van der Waals surface area contributed by atoms with Crippen LogP contribution in [0, 0.1) is 23.7 Å². The first kappa shape index (κ1) is 18.8. The van der Waals surface area contributed by atoms with Crippen LogP contribution in [-0.2, 0) is 0 Å². The number of halogens is 3. The summed E-state index contributed by atoms with van der Waals surface area (Å²) >= 11 is 0. The molecule has 0 nitrogen and oxygen atoms in total. The van der Waals surface area contributed by atoms with Gasteiger partial charge in [-0.2, -0.15) is 0 Å². The van der Waals surface area contributed by atoms with Crippen molar-refractivity contribution in [2.75, 3.05) is 0 Å². The van der Waals surface area contributed by atoms with Gasteiger partial charge in [0, 0.05) is 6.42 Å². The van der Waals surface area contributed by atoms with E-state index in [4.69, 9.17) is 0 Å². The average molecular weight is 280 g/mol. The van der Waals surface area contributed by atoms with Crippen LogP contribution in [0.5, 0.6) is 0 Å². The lowest BCUT2D eigenvalue weighted by Gasteiger charge is -2.24. The normalized spacial score (nSPS) is 20.4. The summed E-state index contributed by atoms with van der Waals surface area (Å²) in [4.78, 5) is 0. The van der Waals surface area contributed by atoms with Crippen LogP contribution >= 0.6 is 0 Å². The molecule has 0 radical (unpaired) electrons. The zero-order valence-corrected chi connectivity index (χ0v) is 13.3. The zero-order valence-electron chi connectivity index (χ0n) is 13.3. The highest BCUT2D eigenvalue weighted by atomic mass is 19.1. The highest BCUT2D eigenvalue weighted by Crippen LogP contribution is 2.27. The minimum atomic E-state index is -1.12. The van der Waals surface area contributed by atoms with E-state index in [0.717, 1.165) is 0 Å². The molecule has 0 aliphatic carbocycles. The molecule has 0 rings (SSSR count). The maximum atomic E-state index is 13.9. The summed E-state index contributed by atoms with van der Waals surface area (Å²) in [5.74, 6) is -0.386. The third kappa shape index (κ3) is 7.22. The highest BCUT2D eigenvalue weighted by molar-refractivity contribution is 4.75. The van der Waals surface area contributed by atoms with Gasteiger partial charge in [-0.05, 0) is 36.5 Å². The molecule has 0 saturated heterocycles. The van der Waals surface area contributed by atoms with Gasteiger partial charge in [-0.25, -0.2) is 13.2 Å². The van der Waals surface area contributed by atoms with E-state index in [1.54, 1.807) is 20.8 Å². The Morgan fingerprint density at radius 2 is 1.11 bits per heavy atom. The van der Waals surface area contributed by atoms with Crippen LogP contribution in [0.25, 0.3) is 0 Å². The van der Waals surface area contributed by atoms with E-state index in [2.05, 4.69) is 0 Å². The number of rotatable bonds is 9. The van der Waals surface area contributed by atoms with Gasteiger partial charge >= 0.3 is 0 Å². The SMILES string of the molecule is CC(C)C(F)CC(F)C(C)CCC(C)C(F)C(C)C. The molecule has 0 aromatic rings. The first-order chi connectivity index (χ1) is 8.66. The molecule has 0 aromatic carbocycles. The predicted molar refractivity (Wildman–Crippen MR) is 76.5 cm³/mol. The van der Waals surface area contributed by atoms with E-state index in [0.29, 0.717) is 12.8 Å². The standard InChI is InChI=1S/C16H31F3/c1-10(2)14(17)9-15(18)12(5)7-8-13(6)16(19)11(3)4/h10-16H,7-9H2,1-6H3. The average Bonchev–Trinajstić information content (AvgIpc) is 2.33. The van der Waals surface area contributed by atoms with Gasteiger partial charge in [-0.15, -0.1) is 0 Å². The van der Waals surface area contributed by atoms with Crippen molar-refractivity contribution >= 4 is 0 Å². The van der Waals surface area contributed by atoms with E-state index in [1.807, 2.05) is 20.8 Å². The highest BCUT2D eigenvalue weighted by Gasteiger charge is 2.25. The van der Waals surface area contributed by atoms with Crippen molar-refractivity contribution in [3.05, 3.63) is 0 Å². The summed E-state index contributed by atoms with van der Waals surface area (Å²) in [6.45, 7) is 10.9. The Hall–Kier alpha value is -0.210. The molecule has 3 heteroatoms. The van der Waals surface area contributed by atoms with Crippen LogP contribution in [-0.4, -0.2) is 18.5 Å². The number of hydrogen-bond acceptors (Lipinski definition) is 0. The van der Waals surface area contributed by atoms with Gasteiger partial charge in [0.15, 0.2) is 0 Å². The Bertz CT molecular complexity index is 228. The smallest absolute Gasteiger partial charge is 0.105 e. The summed E-state index contributed by atoms with van der Waals surface area (Å²) in [5.41, 5.74) is 0. The maximum absolute atomic E-state index is 13.9. The van der Waals surface area contributed by atoms with Gasteiger partial charge in [0.1, 0.15) is 18.5 Å². The van der Waals surface area contributed by atoms with E-state index >= 15 is 0 Å². The first-order valence-corrected chi connectivity index (χ1v) is 7.59. The van der Waals surface area contributed by atoms with Crippen molar-refractivity contribution in [2.45, 2.75) is 79.3 Å². The Morgan fingerprint density at radius 3 is 1.53 bits per heavy atom. The molecular formula is C16H31F3. The van der Waals surface area contributed by atoms with Gasteiger partial charge in [-0.3, -0.25) is 0 Å².